The van der Waals surface area contributed by atoms with Crippen molar-refractivity contribution in [1.82, 2.24) is 9.55 Å². The lowest BCUT2D eigenvalue weighted by molar-refractivity contribution is 0.163. The minimum atomic E-state index is 0.293. The molecular weight excluding hydrogens is 214 g/mol. The Bertz CT molecular complexity index is 333. The standard InChI is InChI=1S/C13H25N3O/c1-6-13(3,4)10-15-12-14-7-8-16(12)11(2)9-17-5/h7-8,11H,6,9-10H2,1-5H3,(H,14,15). The van der Waals surface area contributed by atoms with Crippen molar-refractivity contribution in [2.75, 3.05) is 25.6 Å². The summed E-state index contributed by atoms with van der Waals surface area (Å²) in [5, 5.41) is 3.42. The van der Waals surface area contributed by atoms with E-state index in [4.69, 9.17) is 4.74 Å². The Hall–Kier alpha value is -1.03. The quantitative estimate of drug-likeness (QED) is 0.795. The first-order valence-corrected chi connectivity index (χ1v) is 6.26. The highest BCUT2D eigenvalue weighted by atomic mass is 16.5. The molecule has 1 N–H and O–H groups in total. The maximum Gasteiger partial charge on any atom is 0.203 e. The van der Waals surface area contributed by atoms with Gasteiger partial charge in [0.05, 0.1) is 12.6 Å². The van der Waals surface area contributed by atoms with Crippen LogP contribution >= 0.6 is 0 Å². The van der Waals surface area contributed by atoms with E-state index in [2.05, 4.69) is 42.6 Å². The molecule has 4 nitrogen and oxygen atoms in total. The molecule has 0 aliphatic heterocycles. The summed E-state index contributed by atoms with van der Waals surface area (Å²) < 4.78 is 7.29. The van der Waals surface area contributed by atoms with E-state index in [1.54, 1.807) is 7.11 Å². The second-order valence-corrected chi connectivity index (χ2v) is 5.33. The molecule has 1 unspecified atom stereocenters. The summed E-state index contributed by atoms with van der Waals surface area (Å²) in [4.78, 5) is 4.35. The van der Waals surface area contributed by atoms with Crippen molar-refractivity contribution in [3.63, 3.8) is 0 Å². The van der Waals surface area contributed by atoms with Gasteiger partial charge in [0.1, 0.15) is 0 Å². The van der Waals surface area contributed by atoms with Gasteiger partial charge in [-0.05, 0) is 18.8 Å². The Morgan fingerprint density at radius 3 is 2.82 bits per heavy atom. The minimum Gasteiger partial charge on any atom is -0.383 e. The Balaban J connectivity index is 2.63. The molecule has 1 aromatic heterocycles. The van der Waals surface area contributed by atoms with E-state index >= 15 is 0 Å². The Morgan fingerprint density at radius 2 is 2.24 bits per heavy atom. The van der Waals surface area contributed by atoms with Crippen LogP contribution in [0.5, 0.6) is 0 Å². The van der Waals surface area contributed by atoms with Crippen molar-refractivity contribution < 1.29 is 4.74 Å². The predicted octanol–water partition coefficient (Wildman–Crippen LogP) is 2.94. The van der Waals surface area contributed by atoms with Crippen LogP contribution in [0, 0.1) is 5.41 Å². The van der Waals surface area contributed by atoms with Crippen molar-refractivity contribution in [3.8, 4) is 0 Å². The van der Waals surface area contributed by atoms with Gasteiger partial charge >= 0.3 is 0 Å². The molecule has 1 heterocycles. The third kappa shape index (κ3) is 4.04. The maximum atomic E-state index is 5.17. The van der Waals surface area contributed by atoms with Crippen molar-refractivity contribution >= 4 is 5.95 Å². The second-order valence-electron chi connectivity index (χ2n) is 5.33. The maximum absolute atomic E-state index is 5.17. The average Bonchev–Trinajstić information content (AvgIpc) is 2.75. The van der Waals surface area contributed by atoms with Gasteiger partial charge in [0, 0.05) is 26.0 Å². The van der Waals surface area contributed by atoms with Gasteiger partial charge in [0.25, 0.3) is 0 Å². The van der Waals surface area contributed by atoms with Gasteiger partial charge in [-0.15, -0.1) is 0 Å². The van der Waals surface area contributed by atoms with E-state index in [9.17, 15) is 0 Å². The summed E-state index contributed by atoms with van der Waals surface area (Å²) in [6, 6.07) is 0.301. The van der Waals surface area contributed by atoms with Crippen LogP contribution in [0.3, 0.4) is 0 Å². The molecule has 0 fully saturated rings. The smallest absolute Gasteiger partial charge is 0.203 e. The number of methoxy groups -OCH3 is 1. The first kappa shape index (κ1) is 14.0. The van der Waals surface area contributed by atoms with Gasteiger partial charge in [-0.25, -0.2) is 4.98 Å². The SMILES string of the molecule is CCC(C)(C)CNc1nccn1C(C)COC. The summed E-state index contributed by atoms with van der Waals surface area (Å²) >= 11 is 0. The highest BCUT2D eigenvalue weighted by Gasteiger charge is 2.16. The van der Waals surface area contributed by atoms with Crippen molar-refractivity contribution in [1.29, 1.82) is 0 Å². The van der Waals surface area contributed by atoms with Crippen LogP contribution in [0.4, 0.5) is 5.95 Å². The fourth-order valence-electron chi connectivity index (χ4n) is 1.57. The summed E-state index contributed by atoms with van der Waals surface area (Å²) in [5.41, 5.74) is 0.293. The number of nitrogens with zero attached hydrogens (tertiary/aromatic N) is 2. The number of nitrogens with one attached hydrogen (secondary N) is 1. The Kier molecular flexibility index (Phi) is 5.00. The largest absolute Gasteiger partial charge is 0.383 e. The van der Waals surface area contributed by atoms with E-state index in [1.807, 2.05) is 12.4 Å². The highest BCUT2D eigenvalue weighted by molar-refractivity contribution is 5.27. The van der Waals surface area contributed by atoms with Crippen LogP contribution in [-0.4, -0.2) is 29.8 Å². The first-order valence-electron chi connectivity index (χ1n) is 6.26. The fraction of sp³-hybridized carbons (Fsp3) is 0.769. The molecule has 0 aliphatic rings. The number of anilines is 1. The van der Waals surface area contributed by atoms with E-state index in [1.165, 1.54) is 0 Å². The lowest BCUT2D eigenvalue weighted by Crippen LogP contribution is -2.24. The van der Waals surface area contributed by atoms with Crippen LogP contribution in [0.2, 0.25) is 0 Å². The molecule has 4 heteroatoms. The van der Waals surface area contributed by atoms with Gasteiger partial charge in [0.15, 0.2) is 0 Å². The van der Waals surface area contributed by atoms with E-state index in [0.29, 0.717) is 18.1 Å². The summed E-state index contributed by atoms with van der Waals surface area (Å²) in [6.07, 6.45) is 4.97. The summed E-state index contributed by atoms with van der Waals surface area (Å²) in [6.45, 7) is 10.5. The third-order valence-electron chi connectivity index (χ3n) is 3.23. The molecule has 0 bridgehead atoms. The summed E-state index contributed by atoms with van der Waals surface area (Å²) in [7, 11) is 1.72. The molecule has 0 aromatic carbocycles. The van der Waals surface area contributed by atoms with Crippen LogP contribution in [0.25, 0.3) is 0 Å². The average molecular weight is 239 g/mol. The van der Waals surface area contributed by atoms with Crippen molar-refractivity contribution in [3.05, 3.63) is 12.4 Å². The zero-order valence-electron chi connectivity index (χ0n) is 11.7. The molecule has 17 heavy (non-hydrogen) atoms. The number of hydrogen-bond acceptors (Lipinski definition) is 3. The van der Waals surface area contributed by atoms with Crippen LogP contribution in [-0.2, 0) is 4.74 Å². The number of imidazole rings is 1. The molecule has 1 atom stereocenters. The molecule has 0 radical (unpaired) electrons. The molecule has 0 saturated carbocycles. The lowest BCUT2D eigenvalue weighted by atomic mass is 9.90. The molecule has 98 valence electrons. The lowest BCUT2D eigenvalue weighted by Gasteiger charge is -2.24. The third-order valence-corrected chi connectivity index (χ3v) is 3.23. The Morgan fingerprint density at radius 1 is 1.53 bits per heavy atom. The summed E-state index contributed by atoms with van der Waals surface area (Å²) in [5.74, 6) is 0.927. The number of ether oxygens (including phenoxy) is 1. The zero-order chi connectivity index (χ0) is 12.9. The normalized spacial score (nSPS) is 13.7. The molecule has 0 saturated heterocycles. The van der Waals surface area contributed by atoms with Gasteiger partial charge < -0.3 is 14.6 Å². The topological polar surface area (TPSA) is 39.1 Å². The van der Waals surface area contributed by atoms with Crippen LogP contribution in [0.15, 0.2) is 12.4 Å². The van der Waals surface area contributed by atoms with Gasteiger partial charge in [-0.1, -0.05) is 20.8 Å². The number of rotatable bonds is 7. The molecule has 0 amide bonds. The molecule has 1 aromatic rings. The molecule has 0 spiro atoms. The molecule has 0 aliphatic carbocycles. The second kappa shape index (κ2) is 6.05. The molecular formula is C13H25N3O. The Labute approximate surface area is 104 Å². The monoisotopic (exact) mass is 239 g/mol. The number of aromatic nitrogens is 2. The van der Waals surface area contributed by atoms with Crippen LogP contribution in [0.1, 0.15) is 40.2 Å². The first-order chi connectivity index (χ1) is 8.00. The zero-order valence-corrected chi connectivity index (χ0v) is 11.7. The van der Waals surface area contributed by atoms with E-state index in [0.717, 1.165) is 18.9 Å². The van der Waals surface area contributed by atoms with E-state index < -0.39 is 0 Å². The van der Waals surface area contributed by atoms with Crippen molar-refractivity contribution in [2.45, 2.75) is 40.2 Å². The fourth-order valence-corrected chi connectivity index (χ4v) is 1.57. The minimum absolute atomic E-state index is 0.293. The molecule has 1 rings (SSSR count). The number of hydrogen-bond donors (Lipinski definition) is 1. The van der Waals surface area contributed by atoms with E-state index in [-0.39, 0.29) is 0 Å². The van der Waals surface area contributed by atoms with Crippen molar-refractivity contribution in [2.24, 2.45) is 5.41 Å². The van der Waals surface area contributed by atoms with Gasteiger partial charge in [-0.2, -0.15) is 0 Å². The van der Waals surface area contributed by atoms with Crippen LogP contribution < -0.4 is 5.32 Å². The van der Waals surface area contributed by atoms with Gasteiger partial charge in [-0.3, -0.25) is 0 Å². The highest BCUT2D eigenvalue weighted by Crippen LogP contribution is 2.21. The predicted molar refractivity (Wildman–Crippen MR) is 71.4 cm³/mol. The van der Waals surface area contributed by atoms with Gasteiger partial charge in [0.2, 0.25) is 5.95 Å².